The van der Waals surface area contributed by atoms with Crippen molar-refractivity contribution in [3.63, 3.8) is 0 Å². The van der Waals surface area contributed by atoms with Crippen molar-refractivity contribution in [2.24, 2.45) is 0 Å². The first-order valence-corrected chi connectivity index (χ1v) is 6.58. The lowest BCUT2D eigenvalue weighted by atomic mass is 9.96. The van der Waals surface area contributed by atoms with E-state index in [1.54, 1.807) is 19.9 Å². The lowest BCUT2D eigenvalue weighted by molar-refractivity contribution is -0.0452. The highest BCUT2D eigenvalue weighted by Gasteiger charge is 2.46. The van der Waals surface area contributed by atoms with Crippen LogP contribution >= 0.6 is 0 Å². The number of hydrogen-bond acceptors (Lipinski definition) is 2. The number of hydrogen-bond donors (Lipinski definition) is 0. The maximum absolute atomic E-state index is 13.3. The van der Waals surface area contributed by atoms with Crippen molar-refractivity contribution in [3.05, 3.63) is 48.1 Å². The summed E-state index contributed by atoms with van der Waals surface area (Å²) in [6.07, 6.45) is 1.32. The maximum Gasteiger partial charge on any atom is 0.200 e. The molecule has 0 unspecified atom stereocenters. The summed E-state index contributed by atoms with van der Waals surface area (Å²) in [6.45, 7) is 7.09. The van der Waals surface area contributed by atoms with Crippen LogP contribution in [0.25, 0.3) is 0 Å². The van der Waals surface area contributed by atoms with Gasteiger partial charge < -0.3 is 9.64 Å². The topological polar surface area (TPSA) is 29.5 Å². The third kappa shape index (κ3) is 3.15. The second-order valence-corrected chi connectivity index (χ2v) is 5.52. The van der Waals surface area contributed by atoms with E-state index in [0.717, 1.165) is 6.07 Å². The number of ether oxygens (including phenoxy) is 1. The van der Waals surface area contributed by atoms with Crippen molar-refractivity contribution >= 4 is 13.7 Å². The van der Waals surface area contributed by atoms with E-state index in [0.29, 0.717) is 5.56 Å². The van der Waals surface area contributed by atoms with Crippen molar-refractivity contribution in [2.45, 2.75) is 38.1 Å². The minimum absolute atomic E-state index is 0.220. The van der Waals surface area contributed by atoms with Crippen LogP contribution in [0.5, 0.6) is 0 Å². The van der Waals surface area contributed by atoms with E-state index in [1.807, 2.05) is 0 Å². The predicted molar refractivity (Wildman–Crippen MR) is 76.0 cm³/mol. The fourth-order valence-electron chi connectivity index (χ4n) is 2.83. The Bertz CT molecular complexity index is 557. The second-order valence-electron chi connectivity index (χ2n) is 5.52. The van der Waals surface area contributed by atoms with Gasteiger partial charge in [0.25, 0.3) is 0 Å². The first-order valence-electron chi connectivity index (χ1n) is 6.58. The molecule has 1 aromatic carbocycles. The predicted octanol–water partition coefficient (Wildman–Crippen LogP) is 2.79. The van der Waals surface area contributed by atoms with Crippen LogP contribution in [0.1, 0.15) is 19.4 Å². The zero-order valence-corrected chi connectivity index (χ0v) is 12.0. The molecule has 1 amide bonds. The Kier molecular flexibility index (Phi) is 4.19. The molecule has 0 aliphatic carbocycles. The van der Waals surface area contributed by atoms with Crippen LogP contribution < -0.4 is 0 Å². The van der Waals surface area contributed by atoms with Crippen LogP contribution in [0.2, 0.25) is 0 Å². The molecule has 6 heteroatoms. The van der Waals surface area contributed by atoms with Gasteiger partial charge in [-0.3, -0.25) is 4.79 Å². The highest BCUT2D eigenvalue weighted by molar-refractivity contribution is 6.57. The van der Waals surface area contributed by atoms with E-state index in [-0.39, 0.29) is 6.42 Å². The van der Waals surface area contributed by atoms with Crippen LogP contribution in [0.3, 0.4) is 0 Å². The van der Waals surface area contributed by atoms with Gasteiger partial charge in [0.2, 0.25) is 7.85 Å². The Hall–Kier alpha value is -1.69. The van der Waals surface area contributed by atoms with Gasteiger partial charge in [-0.05, 0) is 38.0 Å². The quantitative estimate of drug-likeness (QED) is 0.633. The Labute approximate surface area is 124 Å². The highest BCUT2D eigenvalue weighted by Crippen LogP contribution is 2.34. The molecule has 2 atom stereocenters. The number of nitrogens with zero attached hydrogens (tertiary/aromatic N) is 1. The SMILES string of the molecule is [B]C(=O)N1[C@@H](Cc2cc(F)cc(F)c2)[C@@H](C=C)OC1(C)C. The molecule has 0 bridgehead atoms. The summed E-state index contributed by atoms with van der Waals surface area (Å²) >= 11 is 0. The molecule has 1 aromatic rings. The normalized spacial score (nSPS) is 24.1. The summed E-state index contributed by atoms with van der Waals surface area (Å²) in [6, 6.07) is 2.80. The number of amides is 1. The van der Waals surface area contributed by atoms with Gasteiger partial charge in [-0.2, -0.15) is 0 Å². The third-order valence-corrected chi connectivity index (χ3v) is 3.55. The number of rotatable bonds is 3. The highest BCUT2D eigenvalue weighted by atomic mass is 19.1. The summed E-state index contributed by atoms with van der Waals surface area (Å²) in [5.41, 5.74) is -0.474. The van der Waals surface area contributed by atoms with Gasteiger partial charge in [0.1, 0.15) is 17.4 Å². The number of carbonyl (C=O) groups excluding carboxylic acids is 1. The van der Waals surface area contributed by atoms with E-state index in [2.05, 4.69) is 6.58 Å². The first kappa shape index (κ1) is 15.7. The van der Waals surface area contributed by atoms with Crippen molar-refractivity contribution < 1.29 is 18.3 Å². The van der Waals surface area contributed by atoms with E-state index >= 15 is 0 Å². The summed E-state index contributed by atoms with van der Waals surface area (Å²) in [4.78, 5) is 13.1. The van der Waals surface area contributed by atoms with Gasteiger partial charge in [-0.1, -0.05) is 6.08 Å². The van der Waals surface area contributed by atoms with Crippen LogP contribution in [0.15, 0.2) is 30.9 Å². The molecule has 1 aliphatic heterocycles. The van der Waals surface area contributed by atoms with Gasteiger partial charge >= 0.3 is 0 Å². The molecule has 1 saturated heterocycles. The molecule has 1 heterocycles. The largest absolute Gasteiger partial charge is 0.347 e. The Morgan fingerprint density at radius 2 is 2.00 bits per heavy atom. The summed E-state index contributed by atoms with van der Waals surface area (Å²) in [5, 5.41) is 0. The van der Waals surface area contributed by atoms with Crippen LogP contribution in [-0.4, -0.2) is 36.4 Å². The standard InChI is InChI=1S/C15H16BF2NO2/c1-4-13-12(19(14(16)20)15(2,3)21-13)7-9-5-10(17)8-11(18)6-9/h4-6,8,12-13H,1,7H2,2-3H3/t12-,13+/m0/s1. The molecule has 2 radical (unpaired) electrons. The van der Waals surface area contributed by atoms with Gasteiger partial charge in [-0.15, -0.1) is 6.58 Å². The van der Waals surface area contributed by atoms with Crippen LogP contribution in [0, 0.1) is 11.6 Å². The molecule has 1 fully saturated rings. The van der Waals surface area contributed by atoms with Crippen molar-refractivity contribution in [1.82, 2.24) is 4.90 Å². The van der Waals surface area contributed by atoms with Crippen LogP contribution in [-0.2, 0) is 11.2 Å². The number of benzene rings is 1. The van der Waals surface area contributed by atoms with Crippen molar-refractivity contribution in [2.75, 3.05) is 0 Å². The lowest BCUT2D eigenvalue weighted by Crippen LogP contribution is -2.48. The monoisotopic (exact) mass is 291 g/mol. The second kappa shape index (κ2) is 5.60. The Balaban J connectivity index is 2.34. The van der Waals surface area contributed by atoms with Crippen LogP contribution in [0.4, 0.5) is 13.6 Å². The van der Waals surface area contributed by atoms with E-state index in [9.17, 15) is 13.6 Å². The minimum atomic E-state index is -0.902. The molecule has 0 saturated carbocycles. The summed E-state index contributed by atoms with van der Waals surface area (Å²) < 4.78 is 32.3. The molecular formula is C15H16BF2NO2. The zero-order valence-electron chi connectivity index (χ0n) is 12.0. The zero-order chi connectivity index (χ0) is 15.8. The lowest BCUT2D eigenvalue weighted by Gasteiger charge is -2.33. The molecule has 21 heavy (non-hydrogen) atoms. The van der Waals surface area contributed by atoms with E-state index in [4.69, 9.17) is 12.6 Å². The fourth-order valence-corrected chi connectivity index (χ4v) is 2.83. The van der Waals surface area contributed by atoms with Gasteiger partial charge in [0, 0.05) is 6.07 Å². The molecule has 3 nitrogen and oxygen atoms in total. The van der Waals surface area contributed by atoms with Gasteiger partial charge in [0.05, 0.1) is 12.1 Å². The number of carbonyl (C=O) groups is 1. The van der Waals surface area contributed by atoms with E-state index in [1.165, 1.54) is 17.0 Å². The smallest absolute Gasteiger partial charge is 0.200 e. The van der Waals surface area contributed by atoms with E-state index < -0.39 is 35.3 Å². The number of halogens is 2. The van der Waals surface area contributed by atoms with Gasteiger partial charge in [0.15, 0.2) is 5.81 Å². The molecule has 2 rings (SSSR count). The Morgan fingerprint density at radius 3 is 2.48 bits per heavy atom. The molecule has 1 aliphatic rings. The minimum Gasteiger partial charge on any atom is -0.347 e. The molecular weight excluding hydrogens is 275 g/mol. The van der Waals surface area contributed by atoms with Crippen molar-refractivity contribution in [3.8, 4) is 0 Å². The Morgan fingerprint density at radius 1 is 1.43 bits per heavy atom. The fraction of sp³-hybridized carbons (Fsp3) is 0.400. The van der Waals surface area contributed by atoms with Gasteiger partial charge in [-0.25, -0.2) is 8.78 Å². The first-order chi connectivity index (χ1) is 9.74. The average molecular weight is 291 g/mol. The summed E-state index contributed by atoms with van der Waals surface area (Å²) in [5.74, 6) is -1.97. The molecule has 0 spiro atoms. The average Bonchev–Trinajstić information content (AvgIpc) is 2.58. The third-order valence-electron chi connectivity index (χ3n) is 3.55. The molecule has 0 aromatic heterocycles. The van der Waals surface area contributed by atoms with Crippen molar-refractivity contribution in [1.29, 1.82) is 0 Å². The summed E-state index contributed by atoms with van der Waals surface area (Å²) in [7, 11) is 5.42. The molecule has 0 N–H and O–H groups in total. The molecule has 110 valence electrons. The maximum atomic E-state index is 13.3.